The summed E-state index contributed by atoms with van der Waals surface area (Å²) in [6.45, 7) is 7.59. The molecule has 1 heterocycles. The number of aromatic nitrogens is 2. The van der Waals surface area contributed by atoms with Crippen molar-refractivity contribution in [3.63, 3.8) is 0 Å². The van der Waals surface area contributed by atoms with Crippen molar-refractivity contribution in [1.82, 2.24) is 9.97 Å². The Labute approximate surface area is 118 Å². The molecule has 1 aromatic heterocycles. The molecule has 2 rings (SSSR count). The lowest BCUT2D eigenvalue weighted by Crippen LogP contribution is -2.01. The van der Waals surface area contributed by atoms with E-state index >= 15 is 0 Å². The molecule has 0 bridgehead atoms. The van der Waals surface area contributed by atoms with E-state index in [1.54, 1.807) is 12.5 Å². The molecule has 5 heteroatoms. The van der Waals surface area contributed by atoms with Gasteiger partial charge >= 0.3 is 0 Å². The lowest BCUT2D eigenvalue weighted by Gasteiger charge is -2.16. The van der Waals surface area contributed by atoms with E-state index in [1.807, 2.05) is 32.9 Å². The molecular formula is C15H20N2O3. The molecule has 0 unspecified atom stereocenters. The number of aromatic amines is 1. The highest BCUT2D eigenvalue weighted by Crippen LogP contribution is 2.41. The molecule has 5 nitrogen and oxygen atoms in total. The van der Waals surface area contributed by atoms with Crippen LogP contribution in [-0.4, -0.2) is 29.8 Å². The number of hydrogen-bond donors (Lipinski definition) is 1. The van der Waals surface area contributed by atoms with Gasteiger partial charge in [-0.3, -0.25) is 0 Å². The molecule has 0 radical (unpaired) electrons. The minimum absolute atomic E-state index is 0.572. The van der Waals surface area contributed by atoms with Crippen molar-refractivity contribution in [2.75, 3.05) is 19.8 Å². The van der Waals surface area contributed by atoms with E-state index in [0.717, 1.165) is 28.5 Å². The fraction of sp³-hybridized carbons (Fsp3) is 0.400. The third-order valence-electron chi connectivity index (χ3n) is 2.72. The predicted octanol–water partition coefficient (Wildman–Crippen LogP) is 3.27. The Morgan fingerprint density at radius 1 is 0.950 bits per heavy atom. The minimum Gasteiger partial charge on any atom is -0.494 e. The summed E-state index contributed by atoms with van der Waals surface area (Å²) in [5.41, 5.74) is 1.73. The lowest BCUT2D eigenvalue weighted by molar-refractivity contribution is 0.309. The summed E-state index contributed by atoms with van der Waals surface area (Å²) in [6, 6.07) is 3.76. The topological polar surface area (TPSA) is 56.4 Å². The van der Waals surface area contributed by atoms with Crippen molar-refractivity contribution in [3.8, 4) is 28.5 Å². The SMILES string of the molecule is CCOc1cc(OCC)c(-c2cnc[nH]2)c(OCC)c1. The van der Waals surface area contributed by atoms with Gasteiger partial charge < -0.3 is 19.2 Å². The van der Waals surface area contributed by atoms with Crippen LogP contribution in [0.1, 0.15) is 20.8 Å². The Morgan fingerprint density at radius 3 is 2.00 bits per heavy atom. The highest BCUT2D eigenvalue weighted by molar-refractivity contribution is 5.75. The fourth-order valence-corrected chi connectivity index (χ4v) is 2.01. The Kier molecular flexibility index (Phi) is 4.87. The summed E-state index contributed by atoms with van der Waals surface area (Å²) in [5.74, 6) is 2.19. The highest BCUT2D eigenvalue weighted by Gasteiger charge is 2.17. The zero-order valence-electron chi connectivity index (χ0n) is 12.1. The van der Waals surface area contributed by atoms with E-state index in [1.165, 1.54) is 0 Å². The summed E-state index contributed by atoms with van der Waals surface area (Å²) in [4.78, 5) is 7.15. The number of H-pyrrole nitrogens is 1. The normalized spacial score (nSPS) is 10.3. The molecular weight excluding hydrogens is 256 g/mol. The molecule has 0 saturated heterocycles. The van der Waals surface area contributed by atoms with E-state index < -0.39 is 0 Å². The van der Waals surface area contributed by atoms with Crippen molar-refractivity contribution in [2.45, 2.75) is 20.8 Å². The summed E-state index contributed by atoms with van der Waals surface area (Å²) in [5, 5.41) is 0. The first kappa shape index (κ1) is 14.2. The zero-order valence-corrected chi connectivity index (χ0v) is 12.1. The smallest absolute Gasteiger partial charge is 0.136 e. The van der Waals surface area contributed by atoms with Gasteiger partial charge in [-0.05, 0) is 20.8 Å². The predicted molar refractivity (Wildman–Crippen MR) is 77.5 cm³/mol. The molecule has 1 aromatic carbocycles. The van der Waals surface area contributed by atoms with Crippen molar-refractivity contribution in [1.29, 1.82) is 0 Å². The number of rotatable bonds is 7. The summed E-state index contributed by atoms with van der Waals surface area (Å²) >= 11 is 0. The van der Waals surface area contributed by atoms with Crippen molar-refractivity contribution in [3.05, 3.63) is 24.7 Å². The van der Waals surface area contributed by atoms with Gasteiger partial charge in [0, 0.05) is 12.1 Å². The van der Waals surface area contributed by atoms with Crippen LogP contribution in [0.3, 0.4) is 0 Å². The third kappa shape index (κ3) is 3.04. The molecule has 0 aliphatic heterocycles. The summed E-state index contributed by atoms with van der Waals surface area (Å²) in [7, 11) is 0. The third-order valence-corrected chi connectivity index (χ3v) is 2.72. The second kappa shape index (κ2) is 6.84. The number of hydrogen-bond acceptors (Lipinski definition) is 4. The van der Waals surface area contributed by atoms with Crippen LogP contribution in [0.2, 0.25) is 0 Å². The molecule has 20 heavy (non-hydrogen) atoms. The van der Waals surface area contributed by atoms with E-state index in [2.05, 4.69) is 9.97 Å². The van der Waals surface area contributed by atoms with Gasteiger partial charge in [-0.1, -0.05) is 0 Å². The first-order chi connectivity index (χ1) is 9.80. The number of nitrogens with zero attached hydrogens (tertiary/aromatic N) is 1. The van der Waals surface area contributed by atoms with E-state index in [4.69, 9.17) is 14.2 Å². The monoisotopic (exact) mass is 276 g/mol. The first-order valence-electron chi connectivity index (χ1n) is 6.85. The van der Waals surface area contributed by atoms with Crippen LogP contribution in [0, 0.1) is 0 Å². The molecule has 0 fully saturated rings. The number of benzene rings is 1. The van der Waals surface area contributed by atoms with Crippen molar-refractivity contribution in [2.24, 2.45) is 0 Å². The largest absolute Gasteiger partial charge is 0.494 e. The molecule has 0 spiro atoms. The summed E-state index contributed by atoms with van der Waals surface area (Å²) in [6.07, 6.45) is 3.39. The van der Waals surface area contributed by atoms with Gasteiger partial charge in [0.25, 0.3) is 0 Å². The second-order valence-electron chi connectivity index (χ2n) is 4.06. The van der Waals surface area contributed by atoms with Gasteiger partial charge in [0.2, 0.25) is 0 Å². The molecule has 0 atom stereocenters. The molecule has 0 aliphatic rings. The molecule has 1 N–H and O–H groups in total. The van der Waals surface area contributed by atoms with Crippen LogP contribution in [-0.2, 0) is 0 Å². The summed E-state index contributed by atoms with van der Waals surface area (Å²) < 4.78 is 17.0. The molecule has 0 saturated carbocycles. The average Bonchev–Trinajstić information content (AvgIpc) is 2.93. The Bertz CT molecular complexity index is 511. The standard InChI is InChI=1S/C15H20N2O3/c1-4-18-11-7-13(19-5-2)15(12-9-16-10-17-12)14(8-11)20-6-3/h7-10H,4-6H2,1-3H3,(H,16,17). The van der Waals surface area contributed by atoms with Crippen molar-refractivity contribution >= 4 is 0 Å². The number of ether oxygens (including phenoxy) is 3. The molecule has 2 aromatic rings. The van der Waals surface area contributed by atoms with Gasteiger partial charge in [-0.15, -0.1) is 0 Å². The maximum atomic E-state index is 5.73. The number of nitrogens with one attached hydrogen (secondary N) is 1. The van der Waals surface area contributed by atoms with Crippen LogP contribution in [0.4, 0.5) is 0 Å². The van der Waals surface area contributed by atoms with Gasteiger partial charge in [0.15, 0.2) is 0 Å². The van der Waals surface area contributed by atoms with Gasteiger partial charge in [-0.2, -0.15) is 0 Å². The highest BCUT2D eigenvalue weighted by atomic mass is 16.5. The zero-order chi connectivity index (χ0) is 14.4. The first-order valence-corrected chi connectivity index (χ1v) is 6.85. The van der Waals surface area contributed by atoms with Gasteiger partial charge in [0.1, 0.15) is 17.2 Å². The Morgan fingerprint density at radius 2 is 1.55 bits per heavy atom. The maximum absolute atomic E-state index is 5.73. The molecule has 0 amide bonds. The fourth-order valence-electron chi connectivity index (χ4n) is 2.01. The average molecular weight is 276 g/mol. The van der Waals surface area contributed by atoms with Crippen LogP contribution >= 0.6 is 0 Å². The van der Waals surface area contributed by atoms with Crippen LogP contribution in [0.25, 0.3) is 11.3 Å². The lowest BCUT2D eigenvalue weighted by atomic mass is 10.1. The van der Waals surface area contributed by atoms with Crippen LogP contribution in [0.5, 0.6) is 17.2 Å². The van der Waals surface area contributed by atoms with E-state index in [-0.39, 0.29) is 0 Å². The van der Waals surface area contributed by atoms with E-state index in [9.17, 15) is 0 Å². The van der Waals surface area contributed by atoms with Gasteiger partial charge in [0.05, 0.1) is 43.6 Å². The van der Waals surface area contributed by atoms with Crippen LogP contribution < -0.4 is 14.2 Å². The molecule has 0 aliphatic carbocycles. The second-order valence-corrected chi connectivity index (χ2v) is 4.06. The Balaban J connectivity index is 2.54. The number of imidazole rings is 1. The Hall–Kier alpha value is -2.17. The quantitative estimate of drug-likeness (QED) is 0.843. The van der Waals surface area contributed by atoms with Crippen LogP contribution in [0.15, 0.2) is 24.7 Å². The van der Waals surface area contributed by atoms with Crippen molar-refractivity contribution < 1.29 is 14.2 Å². The maximum Gasteiger partial charge on any atom is 0.136 e. The molecule has 108 valence electrons. The van der Waals surface area contributed by atoms with E-state index in [0.29, 0.717) is 19.8 Å². The van der Waals surface area contributed by atoms with Gasteiger partial charge in [-0.25, -0.2) is 4.98 Å². The minimum atomic E-state index is 0.572.